The number of nitriles is 1. The van der Waals surface area contributed by atoms with Crippen molar-refractivity contribution in [1.82, 2.24) is 0 Å². The van der Waals surface area contributed by atoms with Crippen molar-refractivity contribution in [2.75, 3.05) is 5.32 Å². The van der Waals surface area contributed by atoms with E-state index in [1.807, 2.05) is 12.1 Å². The summed E-state index contributed by atoms with van der Waals surface area (Å²) in [5.41, 5.74) is 1.35. The van der Waals surface area contributed by atoms with Gasteiger partial charge in [0.2, 0.25) is 0 Å². The Hall–Kier alpha value is -1.44. The summed E-state index contributed by atoms with van der Waals surface area (Å²) in [7, 11) is 0. The first-order valence-corrected chi connectivity index (χ1v) is 6.04. The molecule has 0 unspecified atom stereocenters. The fourth-order valence-electron chi connectivity index (χ4n) is 1.39. The predicted molar refractivity (Wildman–Crippen MR) is 69.9 cm³/mol. The summed E-state index contributed by atoms with van der Waals surface area (Å²) in [6.07, 6.45) is 0. The van der Waals surface area contributed by atoms with Gasteiger partial charge in [0.25, 0.3) is 0 Å². The molecule has 1 aromatic carbocycles. The normalized spacial score (nSPS) is 9.94. The molecular formula is C12H8BrClN2O. The van der Waals surface area contributed by atoms with Gasteiger partial charge < -0.3 is 9.73 Å². The molecule has 2 aromatic rings. The van der Waals surface area contributed by atoms with Gasteiger partial charge in [0.15, 0.2) is 5.22 Å². The summed E-state index contributed by atoms with van der Waals surface area (Å²) in [4.78, 5) is 0. The lowest BCUT2D eigenvalue weighted by molar-refractivity contribution is 0.520. The second kappa shape index (κ2) is 5.26. The third kappa shape index (κ3) is 3.02. The molecule has 0 amide bonds. The topological polar surface area (TPSA) is 49.0 Å². The van der Waals surface area contributed by atoms with Crippen LogP contribution in [0.2, 0.25) is 5.22 Å². The smallest absolute Gasteiger partial charge is 0.193 e. The van der Waals surface area contributed by atoms with Crippen LogP contribution in [0.15, 0.2) is 39.2 Å². The highest BCUT2D eigenvalue weighted by atomic mass is 79.9. The molecule has 0 radical (unpaired) electrons. The maximum atomic E-state index is 8.99. The Kier molecular flexibility index (Phi) is 3.72. The van der Waals surface area contributed by atoms with Gasteiger partial charge in [-0.1, -0.05) is 15.9 Å². The summed E-state index contributed by atoms with van der Waals surface area (Å²) >= 11 is 8.99. The van der Waals surface area contributed by atoms with E-state index in [1.165, 1.54) is 0 Å². The summed E-state index contributed by atoms with van der Waals surface area (Å²) in [5.74, 6) is 0.724. The van der Waals surface area contributed by atoms with Crippen LogP contribution in [0.1, 0.15) is 11.3 Å². The lowest BCUT2D eigenvalue weighted by atomic mass is 10.2. The third-order valence-electron chi connectivity index (χ3n) is 2.18. The Morgan fingerprint density at radius 2 is 2.18 bits per heavy atom. The quantitative estimate of drug-likeness (QED) is 0.925. The molecule has 0 spiro atoms. The molecule has 1 N–H and O–H groups in total. The Balaban J connectivity index is 2.12. The van der Waals surface area contributed by atoms with Crippen LogP contribution >= 0.6 is 27.5 Å². The minimum atomic E-state index is 0.359. The van der Waals surface area contributed by atoms with Gasteiger partial charge in [0.05, 0.1) is 17.8 Å². The molecule has 2 rings (SSSR count). The largest absolute Gasteiger partial charge is 0.448 e. The number of rotatable bonds is 3. The van der Waals surface area contributed by atoms with Gasteiger partial charge in [-0.25, -0.2) is 0 Å². The highest BCUT2D eigenvalue weighted by Crippen LogP contribution is 2.21. The van der Waals surface area contributed by atoms with E-state index in [4.69, 9.17) is 21.3 Å². The van der Waals surface area contributed by atoms with Crippen LogP contribution in [0, 0.1) is 11.3 Å². The first-order chi connectivity index (χ1) is 8.19. The lowest BCUT2D eigenvalue weighted by Gasteiger charge is -2.06. The van der Waals surface area contributed by atoms with E-state index in [0.717, 1.165) is 15.9 Å². The number of nitrogens with one attached hydrogen (secondary N) is 1. The molecule has 0 aliphatic heterocycles. The maximum absolute atomic E-state index is 8.99. The molecule has 17 heavy (non-hydrogen) atoms. The van der Waals surface area contributed by atoms with E-state index in [-0.39, 0.29) is 0 Å². The Morgan fingerprint density at radius 1 is 1.35 bits per heavy atom. The van der Waals surface area contributed by atoms with Gasteiger partial charge in [-0.15, -0.1) is 0 Å². The number of hydrogen-bond acceptors (Lipinski definition) is 3. The first kappa shape index (κ1) is 12.0. The van der Waals surface area contributed by atoms with Crippen molar-refractivity contribution in [1.29, 1.82) is 5.26 Å². The molecule has 5 heteroatoms. The van der Waals surface area contributed by atoms with Gasteiger partial charge in [0.1, 0.15) is 11.8 Å². The standard InChI is InChI=1S/C12H8BrClN2O/c13-9-1-3-11(8(5-9)6-15)16-7-10-2-4-12(14)17-10/h1-5,16H,7H2. The van der Waals surface area contributed by atoms with Crippen molar-refractivity contribution in [3.05, 3.63) is 51.3 Å². The van der Waals surface area contributed by atoms with E-state index < -0.39 is 0 Å². The van der Waals surface area contributed by atoms with Gasteiger partial charge in [0, 0.05) is 4.47 Å². The molecule has 0 saturated heterocycles. The van der Waals surface area contributed by atoms with Crippen molar-refractivity contribution in [3.63, 3.8) is 0 Å². The van der Waals surface area contributed by atoms with Gasteiger partial charge in [-0.2, -0.15) is 5.26 Å². The minimum absolute atomic E-state index is 0.359. The Morgan fingerprint density at radius 3 is 2.82 bits per heavy atom. The highest BCUT2D eigenvalue weighted by molar-refractivity contribution is 9.10. The number of nitrogens with zero attached hydrogens (tertiary/aromatic N) is 1. The van der Waals surface area contributed by atoms with Gasteiger partial charge >= 0.3 is 0 Å². The highest BCUT2D eigenvalue weighted by Gasteiger charge is 2.04. The molecule has 3 nitrogen and oxygen atoms in total. The molecule has 0 atom stereocenters. The van der Waals surface area contributed by atoms with E-state index in [9.17, 15) is 0 Å². The van der Waals surface area contributed by atoms with Crippen molar-refractivity contribution >= 4 is 33.2 Å². The third-order valence-corrected chi connectivity index (χ3v) is 2.88. The van der Waals surface area contributed by atoms with Crippen LogP contribution in [0.3, 0.4) is 0 Å². The van der Waals surface area contributed by atoms with E-state index in [0.29, 0.717) is 17.3 Å². The summed E-state index contributed by atoms with van der Waals surface area (Å²) < 4.78 is 6.09. The van der Waals surface area contributed by atoms with E-state index in [1.54, 1.807) is 18.2 Å². The molecule has 0 bridgehead atoms. The number of halogens is 2. The lowest BCUT2D eigenvalue weighted by Crippen LogP contribution is -2.00. The molecule has 0 saturated carbocycles. The second-order valence-electron chi connectivity index (χ2n) is 3.36. The van der Waals surface area contributed by atoms with E-state index >= 15 is 0 Å². The Bertz CT molecular complexity index is 574. The Labute approximate surface area is 112 Å². The molecule has 0 aliphatic rings. The minimum Gasteiger partial charge on any atom is -0.448 e. The molecular weight excluding hydrogens is 304 g/mol. The number of hydrogen-bond donors (Lipinski definition) is 1. The van der Waals surface area contributed by atoms with Crippen molar-refractivity contribution in [2.24, 2.45) is 0 Å². The van der Waals surface area contributed by atoms with Crippen molar-refractivity contribution < 1.29 is 4.42 Å². The molecule has 1 heterocycles. The maximum Gasteiger partial charge on any atom is 0.193 e. The summed E-state index contributed by atoms with van der Waals surface area (Å²) in [5, 5.41) is 12.5. The van der Waals surface area contributed by atoms with E-state index in [2.05, 4.69) is 27.3 Å². The van der Waals surface area contributed by atoms with Crippen LogP contribution < -0.4 is 5.32 Å². The summed E-state index contributed by atoms with van der Waals surface area (Å²) in [6.45, 7) is 0.489. The zero-order valence-electron chi connectivity index (χ0n) is 8.71. The van der Waals surface area contributed by atoms with Crippen molar-refractivity contribution in [2.45, 2.75) is 6.54 Å². The monoisotopic (exact) mass is 310 g/mol. The number of anilines is 1. The van der Waals surface area contributed by atoms with Crippen LogP contribution in [-0.4, -0.2) is 0 Å². The van der Waals surface area contributed by atoms with Crippen LogP contribution in [0.25, 0.3) is 0 Å². The van der Waals surface area contributed by atoms with Crippen LogP contribution in [-0.2, 0) is 6.54 Å². The summed E-state index contributed by atoms with van der Waals surface area (Å²) in [6, 6.07) is 11.1. The van der Waals surface area contributed by atoms with Gasteiger partial charge in [-0.05, 0) is 41.9 Å². The predicted octanol–water partition coefficient (Wildman–Crippen LogP) is 4.18. The fraction of sp³-hybridized carbons (Fsp3) is 0.0833. The van der Waals surface area contributed by atoms with Crippen LogP contribution in [0.5, 0.6) is 0 Å². The average Bonchev–Trinajstić information content (AvgIpc) is 2.73. The zero-order chi connectivity index (χ0) is 12.3. The van der Waals surface area contributed by atoms with Crippen LogP contribution in [0.4, 0.5) is 5.69 Å². The van der Waals surface area contributed by atoms with Gasteiger partial charge in [-0.3, -0.25) is 0 Å². The molecule has 1 aromatic heterocycles. The average molecular weight is 312 g/mol. The van der Waals surface area contributed by atoms with Crippen molar-refractivity contribution in [3.8, 4) is 6.07 Å². The number of benzene rings is 1. The zero-order valence-corrected chi connectivity index (χ0v) is 11.0. The fourth-order valence-corrected chi connectivity index (χ4v) is 1.92. The second-order valence-corrected chi connectivity index (χ2v) is 4.65. The molecule has 0 fully saturated rings. The SMILES string of the molecule is N#Cc1cc(Br)ccc1NCc1ccc(Cl)o1. The first-order valence-electron chi connectivity index (χ1n) is 4.87. The molecule has 86 valence electrons. The number of furan rings is 1. The molecule has 0 aliphatic carbocycles.